The molecule has 3 heterocycles. The fourth-order valence-corrected chi connectivity index (χ4v) is 3.72. The molecule has 3 rings (SSSR count). The van der Waals surface area contributed by atoms with E-state index in [1.54, 1.807) is 22.7 Å². The summed E-state index contributed by atoms with van der Waals surface area (Å²) in [6.45, 7) is 4.75. The van der Waals surface area contributed by atoms with Crippen LogP contribution in [0.5, 0.6) is 0 Å². The predicted octanol–water partition coefficient (Wildman–Crippen LogP) is 0.701. The van der Waals surface area contributed by atoms with Gasteiger partial charge in [-0.05, 0) is 25.9 Å². The monoisotopic (exact) mass is 337 g/mol. The van der Waals surface area contributed by atoms with Crippen molar-refractivity contribution in [2.45, 2.75) is 37.5 Å². The second-order valence-corrected chi connectivity index (χ2v) is 7.50. The lowest BCUT2D eigenvalue weighted by atomic mass is 9.98. The van der Waals surface area contributed by atoms with E-state index < -0.39 is 0 Å². The number of rotatable bonds is 6. The summed E-state index contributed by atoms with van der Waals surface area (Å²) < 4.78 is 1.63. The van der Waals surface area contributed by atoms with Gasteiger partial charge in [-0.3, -0.25) is 9.36 Å². The Bertz CT molecular complexity index is 707. The number of thioether (sulfide) groups is 1. The minimum Gasteiger partial charge on any atom is -0.396 e. The van der Waals surface area contributed by atoms with Crippen molar-refractivity contribution in [2.75, 3.05) is 25.4 Å². The Kier molecular flexibility index (Phi) is 5.34. The highest BCUT2D eigenvalue weighted by molar-refractivity contribution is 7.99. The minimum absolute atomic E-state index is 0.0702. The molecular weight excluding hydrogens is 314 g/mol. The van der Waals surface area contributed by atoms with Gasteiger partial charge in [0.25, 0.3) is 5.56 Å². The maximum Gasteiger partial charge on any atom is 0.279 e. The minimum atomic E-state index is -0.0702. The number of hydrogen-bond donors (Lipinski definition) is 3. The predicted molar refractivity (Wildman–Crippen MR) is 92.0 cm³/mol. The summed E-state index contributed by atoms with van der Waals surface area (Å²) in [4.78, 5) is 24.7. The standard InChI is InChI=1S/C15H23N5O2S/c1-10(23-7-6-21)8-20-9-17-14-12(15(20)22)18-13(19-14)11-2-4-16-5-3-11/h9-11,16,21H,2-8H2,1H3,(H,18,19). The van der Waals surface area contributed by atoms with Crippen molar-refractivity contribution in [1.82, 2.24) is 24.8 Å². The number of aliphatic hydroxyl groups excluding tert-OH is 1. The lowest BCUT2D eigenvalue weighted by molar-refractivity contribution is 0.322. The van der Waals surface area contributed by atoms with Crippen LogP contribution in [0.1, 0.15) is 31.5 Å². The van der Waals surface area contributed by atoms with Gasteiger partial charge in [0.1, 0.15) is 12.2 Å². The number of hydrogen-bond acceptors (Lipinski definition) is 6. The van der Waals surface area contributed by atoms with Crippen molar-refractivity contribution in [3.63, 3.8) is 0 Å². The maximum absolute atomic E-state index is 12.6. The van der Waals surface area contributed by atoms with E-state index >= 15 is 0 Å². The molecule has 126 valence electrons. The molecule has 0 aromatic carbocycles. The number of aromatic amines is 1. The second-order valence-electron chi connectivity index (χ2n) is 5.95. The first kappa shape index (κ1) is 16.5. The summed E-state index contributed by atoms with van der Waals surface area (Å²) in [7, 11) is 0. The molecule has 1 aliphatic heterocycles. The highest BCUT2D eigenvalue weighted by Crippen LogP contribution is 2.23. The van der Waals surface area contributed by atoms with E-state index in [2.05, 4.69) is 20.3 Å². The Hall–Kier alpha value is -1.38. The molecule has 23 heavy (non-hydrogen) atoms. The van der Waals surface area contributed by atoms with Crippen molar-refractivity contribution in [3.8, 4) is 0 Å². The van der Waals surface area contributed by atoms with E-state index in [0.29, 0.717) is 29.4 Å². The van der Waals surface area contributed by atoms with E-state index in [0.717, 1.165) is 31.8 Å². The first-order valence-electron chi connectivity index (χ1n) is 8.07. The Morgan fingerprint density at radius 3 is 3.00 bits per heavy atom. The Balaban J connectivity index is 1.82. The summed E-state index contributed by atoms with van der Waals surface area (Å²) in [5.41, 5.74) is 0.940. The first-order chi connectivity index (χ1) is 11.2. The molecule has 1 fully saturated rings. The third-order valence-corrected chi connectivity index (χ3v) is 5.31. The molecule has 0 radical (unpaired) electrons. The van der Waals surface area contributed by atoms with Crippen LogP contribution in [0.25, 0.3) is 11.2 Å². The fraction of sp³-hybridized carbons (Fsp3) is 0.667. The largest absolute Gasteiger partial charge is 0.396 e. The molecule has 0 saturated carbocycles. The van der Waals surface area contributed by atoms with Crippen LogP contribution in [0.4, 0.5) is 0 Å². The maximum atomic E-state index is 12.6. The van der Waals surface area contributed by atoms with Crippen molar-refractivity contribution < 1.29 is 5.11 Å². The van der Waals surface area contributed by atoms with Crippen LogP contribution < -0.4 is 10.9 Å². The lowest BCUT2D eigenvalue weighted by Gasteiger charge is -2.20. The van der Waals surface area contributed by atoms with Crippen molar-refractivity contribution in [1.29, 1.82) is 0 Å². The molecule has 0 amide bonds. The van der Waals surface area contributed by atoms with Gasteiger partial charge in [0.05, 0.1) is 6.61 Å². The molecule has 2 aromatic heterocycles. The lowest BCUT2D eigenvalue weighted by Crippen LogP contribution is -2.27. The van der Waals surface area contributed by atoms with E-state index in [1.165, 1.54) is 0 Å². The summed E-state index contributed by atoms with van der Waals surface area (Å²) in [6.07, 6.45) is 3.64. The molecule has 0 aliphatic carbocycles. The van der Waals surface area contributed by atoms with Gasteiger partial charge in [0.15, 0.2) is 11.2 Å². The van der Waals surface area contributed by atoms with Crippen LogP contribution in [0, 0.1) is 0 Å². The first-order valence-corrected chi connectivity index (χ1v) is 9.12. The van der Waals surface area contributed by atoms with Crippen molar-refractivity contribution in [2.24, 2.45) is 0 Å². The van der Waals surface area contributed by atoms with Gasteiger partial charge in [-0.2, -0.15) is 11.8 Å². The molecule has 0 spiro atoms. The average molecular weight is 337 g/mol. The highest BCUT2D eigenvalue weighted by atomic mass is 32.2. The summed E-state index contributed by atoms with van der Waals surface area (Å²) in [5.74, 6) is 1.93. The van der Waals surface area contributed by atoms with Crippen LogP contribution in [0.3, 0.4) is 0 Å². The molecule has 1 unspecified atom stereocenters. The molecule has 1 saturated heterocycles. The van der Waals surface area contributed by atoms with E-state index in [-0.39, 0.29) is 17.4 Å². The quantitative estimate of drug-likeness (QED) is 0.718. The normalized spacial score (nSPS) is 17.7. The number of imidazole rings is 1. The van der Waals surface area contributed by atoms with Gasteiger partial charge in [-0.15, -0.1) is 0 Å². The number of piperidine rings is 1. The third-order valence-electron chi connectivity index (χ3n) is 4.17. The van der Waals surface area contributed by atoms with E-state index in [1.807, 2.05) is 6.92 Å². The van der Waals surface area contributed by atoms with Gasteiger partial charge in [-0.1, -0.05) is 6.92 Å². The molecular formula is C15H23N5O2S. The molecule has 0 bridgehead atoms. The van der Waals surface area contributed by atoms with Gasteiger partial charge in [0, 0.05) is 23.5 Å². The number of nitrogens with zero attached hydrogens (tertiary/aromatic N) is 3. The molecule has 1 aliphatic rings. The average Bonchev–Trinajstić information content (AvgIpc) is 3.01. The number of aromatic nitrogens is 4. The van der Waals surface area contributed by atoms with Gasteiger partial charge < -0.3 is 15.4 Å². The van der Waals surface area contributed by atoms with Gasteiger partial charge >= 0.3 is 0 Å². The second kappa shape index (κ2) is 7.46. The fourth-order valence-electron chi connectivity index (χ4n) is 2.95. The number of nitrogens with one attached hydrogen (secondary N) is 2. The van der Waals surface area contributed by atoms with Gasteiger partial charge in [0.2, 0.25) is 0 Å². The highest BCUT2D eigenvalue weighted by Gasteiger charge is 2.20. The van der Waals surface area contributed by atoms with Crippen molar-refractivity contribution in [3.05, 3.63) is 22.5 Å². The molecule has 1 atom stereocenters. The third kappa shape index (κ3) is 3.76. The van der Waals surface area contributed by atoms with Crippen LogP contribution in [-0.2, 0) is 6.54 Å². The van der Waals surface area contributed by atoms with E-state index in [4.69, 9.17) is 5.11 Å². The zero-order chi connectivity index (χ0) is 16.2. The van der Waals surface area contributed by atoms with Crippen LogP contribution in [-0.4, -0.2) is 55.3 Å². The summed E-state index contributed by atoms with van der Waals surface area (Å²) in [5, 5.41) is 12.5. The smallest absolute Gasteiger partial charge is 0.279 e. The Labute approximate surface area is 138 Å². The molecule has 8 heteroatoms. The molecule has 7 nitrogen and oxygen atoms in total. The SMILES string of the molecule is CC(Cn1cnc2nc(C3CCNCC3)[nH]c2c1=O)SCCO. The number of fused-ring (bicyclic) bond motifs is 1. The Morgan fingerprint density at radius 1 is 1.48 bits per heavy atom. The van der Waals surface area contributed by atoms with Crippen LogP contribution in [0.2, 0.25) is 0 Å². The zero-order valence-corrected chi connectivity index (χ0v) is 14.1. The Morgan fingerprint density at radius 2 is 2.26 bits per heavy atom. The number of H-pyrrole nitrogens is 1. The number of aliphatic hydroxyl groups is 1. The topological polar surface area (TPSA) is 95.8 Å². The van der Waals surface area contributed by atoms with Crippen molar-refractivity contribution >= 4 is 22.9 Å². The molecule has 2 aromatic rings. The van der Waals surface area contributed by atoms with Crippen LogP contribution in [0.15, 0.2) is 11.1 Å². The summed E-state index contributed by atoms with van der Waals surface area (Å²) in [6, 6.07) is 0. The van der Waals surface area contributed by atoms with E-state index in [9.17, 15) is 4.79 Å². The molecule has 3 N–H and O–H groups in total. The zero-order valence-electron chi connectivity index (χ0n) is 13.3. The van der Waals surface area contributed by atoms with Crippen LogP contribution >= 0.6 is 11.8 Å². The van der Waals surface area contributed by atoms with Gasteiger partial charge in [-0.25, -0.2) is 9.97 Å². The summed E-state index contributed by atoms with van der Waals surface area (Å²) >= 11 is 1.64.